The van der Waals surface area contributed by atoms with Gasteiger partial charge >= 0.3 is 0 Å². The second-order valence-electron chi connectivity index (χ2n) is 6.14. The number of pyridine rings is 1. The van der Waals surface area contributed by atoms with Crippen molar-refractivity contribution in [2.45, 2.75) is 25.8 Å². The number of rotatable bonds is 5. The first kappa shape index (κ1) is 16.7. The molecule has 1 aliphatic rings. The van der Waals surface area contributed by atoms with Crippen LogP contribution >= 0.6 is 11.6 Å². The monoisotopic (exact) mass is 340 g/mol. The molecule has 0 bridgehead atoms. The average Bonchev–Trinajstić information content (AvgIpc) is 2.63. The van der Waals surface area contributed by atoms with Crippen LogP contribution in [-0.4, -0.2) is 22.3 Å². The fraction of sp³-hybridized carbons (Fsp3) is 0.300. The van der Waals surface area contributed by atoms with Gasteiger partial charge in [-0.25, -0.2) is 0 Å². The van der Waals surface area contributed by atoms with Crippen molar-refractivity contribution in [1.82, 2.24) is 9.88 Å². The highest BCUT2D eigenvalue weighted by atomic mass is 35.5. The molecule has 1 unspecified atom stereocenters. The number of aromatic nitrogens is 1. The number of nitrogens with zero attached hydrogens (tertiary/aromatic N) is 2. The fourth-order valence-electron chi connectivity index (χ4n) is 3.05. The van der Waals surface area contributed by atoms with Crippen LogP contribution in [0.4, 0.5) is 0 Å². The zero-order valence-corrected chi connectivity index (χ0v) is 14.3. The van der Waals surface area contributed by atoms with Gasteiger partial charge in [0.2, 0.25) is 0 Å². The Hall–Kier alpha value is -2.13. The van der Waals surface area contributed by atoms with E-state index in [1.54, 1.807) is 18.3 Å². The van der Waals surface area contributed by atoms with E-state index in [9.17, 15) is 4.79 Å². The molecular weight excluding hydrogens is 320 g/mol. The Balaban J connectivity index is 1.81. The highest BCUT2D eigenvalue weighted by Crippen LogP contribution is 2.23. The summed E-state index contributed by atoms with van der Waals surface area (Å²) in [5.41, 5.74) is 1.45. The molecule has 24 heavy (non-hydrogen) atoms. The molecule has 1 heterocycles. The lowest BCUT2D eigenvalue weighted by molar-refractivity contribution is 0.0708. The van der Waals surface area contributed by atoms with Gasteiger partial charge in [-0.3, -0.25) is 9.78 Å². The van der Waals surface area contributed by atoms with Crippen molar-refractivity contribution in [3.05, 3.63) is 77.1 Å². The molecule has 0 aliphatic heterocycles. The molecule has 1 aromatic heterocycles. The fourth-order valence-corrected chi connectivity index (χ4v) is 3.26. The number of hydrogen-bond donors (Lipinski definition) is 0. The number of amides is 1. The summed E-state index contributed by atoms with van der Waals surface area (Å²) in [5.74, 6) is 0.464. The van der Waals surface area contributed by atoms with Crippen molar-refractivity contribution in [2.75, 3.05) is 6.54 Å². The van der Waals surface area contributed by atoms with E-state index in [2.05, 4.69) is 17.1 Å². The SMILES string of the molecule is O=C(c1ccccc1Cl)N(Cc1ccccn1)CC1CC=CCC1. The molecule has 1 amide bonds. The van der Waals surface area contributed by atoms with E-state index < -0.39 is 0 Å². The summed E-state index contributed by atoms with van der Waals surface area (Å²) in [5, 5.41) is 0.497. The third-order valence-corrected chi connectivity index (χ3v) is 4.66. The second kappa shape index (κ2) is 8.11. The molecule has 1 aliphatic carbocycles. The highest BCUT2D eigenvalue weighted by molar-refractivity contribution is 6.33. The largest absolute Gasteiger partial charge is 0.332 e. The molecule has 1 aromatic carbocycles. The third-order valence-electron chi connectivity index (χ3n) is 4.33. The first-order chi connectivity index (χ1) is 11.7. The van der Waals surface area contributed by atoms with Crippen LogP contribution in [-0.2, 0) is 6.54 Å². The van der Waals surface area contributed by atoms with Gasteiger partial charge in [-0.1, -0.05) is 42.0 Å². The van der Waals surface area contributed by atoms with Crippen molar-refractivity contribution >= 4 is 17.5 Å². The Morgan fingerprint density at radius 1 is 1.17 bits per heavy atom. The maximum Gasteiger partial charge on any atom is 0.255 e. The normalized spacial score (nSPS) is 16.8. The third kappa shape index (κ3) is 4.24. The molecular formula is C20H21ClN2O. The second-order valence-corrected chi connectivity index (χ2v) is 6.54. The van der Waals surface area contributed by atoms with Gasteiger partial charge in [0.05, 0.1) is 22.8 Å². The van der Waals surface area contributed by atoms with Gasteiger partial charge < -0.3 is 4.90 Å². The van der Waals surface area contributed by atoms with E-state index in [0.29, 0.717) is 23.0 Å². The summed E-state index contributed by atoms with van der Waals surface area (Å²) in [6.07, 6.45) is 9.42. The summed E-state index contributed by atoms with van der Waals surface area (Å²) in [4.78, 5) is 19.3. The predicted octanol–water partition coefficient (Wildman–Crippen LogP) is 4.73. The summed E-state index contributed by atoms with van der Waals surface area (Å²) >= 11 is 6.23. The van der Waals surface area contributed by atoms with Gasteiger partial charge in [-0.15, -0.1) is 0 Å². The number of benzene rings is 1. The smallest absolute Gasteiger partial charge is 0.255 e. The Morgan fingerprint density at radius 3 is 2.71 bits per heavy atom. The van der Waals surface area contributed by atoms with E-state index in [0.717, 1.165) is 31.5 Å². The van der Waals surface area contributed by atoms with Crippen LogP contribution in [0.3, 0.4) is 0 Å². The minimum Gasteiger partial charge on any atom is -0.332 e. The van der Waals surface area contributed by atoms with Crippen LogP contribution in [0.15, 0.2) is 60.8 Å². The van der Waals surface area contributed by atoms with Crippen molar-refractivity contribution in [3.63, 3.8) is 0 Å². The van der Waals surface area contributed by atoms with Gasteiger partial charge in [0.1, 0.15) is 0 Å². The lowest BCUT2D eigenvalue weighted by Gasteiger charge is -2.28. The van der Waals surface area contributed by atoms with Crippen LogP contribution in [0.25, 0.3) is 0 Å². The predicted molar refractivity (Wildman–Crippen MR) is 96.9 cm³/mol. The van der Waals surface area contributed by atoms with Crippen molar-refractivity contribution in [2.24, 2.45) is 5.92 Å². The van der Waals surface area contributed by atoms with E-state index >= 15 is 0 Å². The molecule has 0 fully saturated rings. The summed E-state index contributed by atoms with van der Waals surface area (Å²) in [6, 6.07) is 13.0. The number of hydrogen-bond acceptors (Lipinski definition) is 2. The van der Waals surface area contributed by atoms with Crippen molar-refractivity contribution in [1.29, 1.82) is 0 Å². The molecule has 0 spiro atoms. The minimum absolute atomic E-state index is 0.0270. The molecule has 1 atom stereocenters. The summed E-state index contributed by atoms with van der Waals surface area (Å²) < 4.78 is 0. The molecule has 0 saturated carbocycles. The first-order valence-corrected chi connectivity index (χ1v) is 8.70. The van der Waals surface area contributed by atoms with Crippen LogP contribution < -0.4 is 0 Å². The van der Waals surface area contributed by atoms with Crippen LogP contribution in [0.2, 0.25) is 5.02 Å². The summed E-state index contributed by atoms with van der Waals surface area (Å²) in [6.45, 7) is 1.23. The quantitative estimate of drug-likeness (QED) is 0.737. The Morgan fingerprint density at radius 2 is 2.00 bits per heavy atom. The van der Waals surface area contributed by atoms with E-state index in [4.69, 9.17) is 11.6 Å². The maximum absolute atomic E-state index is 13.0. The highest BCUT2D eigenvalue weighted by Gasteiger charge is 2.22. The summed E-state index contributed by atoms with van der Waals surface area (Å²) in [7, 11) is 0. The molecule has 0 N–H and O–H groups in total. The first-order valence-electron chi connectivity index (χ1n) is 8.33. The maximum atomic E-state index is 13.0. The number of halogens is 1. The van der Waals surface area contributed by atoms with Gasteiger partial charge in [0.15, 0.2) is 0 Å². The van der Waals surface area contributed by atoms with Gasteiger partial charge in [0, 0.05) is 12.7 Å². The zero-order chi connectivity index (χ0) is 16.8. The standard InChI is InChI=1S/C20H21ClN2O/c21-19-12-5-4-11-18(19)20(24)23(14-16-8-2-1-3-9-16)15-17-10-6-7-13-22-17/h1-2,4-7,10-13,16H,3,8-9,14-15H2. The lowest BCUT2D eigenvalue weighted by atomic mass is 9.93. The molecule has 0 saturated heterocycles. The molecule has 0 radical (unpaired) electrons. The van der Waals surface area contributed by atoms with Gasteiger partial charge in [-0.05, 0) is 49.4 Å². The van der Waals surface area contributed by atoms with E-state index in [1.807, 2.05) is 35.2 Å². The number of carbonyl (C=O) groups is 1. The van der Waals surface area contributed by atoms with E-state index in [1.165, 1.54) is 0 Å². The Kier molecular flexibility index (Phi) is 5.65. The average molecular weight is 341 g/mol. The van der Waals surface area contributed by atoms with Crippen LogP contribution in [0.1, 0.15) is 35.3 Å². The van der Waals surface area contributed by atoms with Crippen molar-refractivity contribution in [3.8, 4) is 0 Å². The number of carbonyl (C=O) groups excluding carboxylic acids is 1. The molecule has 124 valence electrons. The Bertz CT molecular complexity index is 715. The lowest BCUT2D eigenvalue weighted by Crippen LogP contribution is -2.35. The van der Waals surface area contributed by atoms with Gasteiger partial charge in [-0.2, -0.15) is 0 Å². The molecule has 3 rings (SSSR count). The van der Waals surface area contributed by atoms with Crippen LogP contribution in [0, 0.1) is 5.92 Å². The topological polar surface area (TPSA) is 33.2 Å². The Labute approximate surface area is 148 Å². The molecule has 4 heteroatoms. The van der Waals surface area contributed by atoms with Crippen LogP contribution in [0.5, 0.6) is 0 Å². The zero-order valence-electron chi connectivity index (χ0n) is 13.6. The van der Waals surface area contributed by atoms with E-state index in [-0.39, 0.29) is 5.91 Å². The molecule has 2 aromatic rings. The molecule has 3 nitrogen and oxygen atoms in total. The van der Waals surface area contributed by atoms with Crippen molar-refractivity contribution < 1.29 is 4.79 Å². The van der Waals surface area contributed by atoms with Gasteiger partial charge in [0.25, 0.3) is 5.91 Å². The number of allylic oxidation sites excluding steroid dienone is 2. The minimum atomic E-state index is -0.0270.